The predicted molar refractivity (Wildman–Crippen MR) is 86.3 cm³/mol. The summed E-state index contributed by atoms with van der Waals surface area (Å²) in [5.74, 6) is -0.338. The Morgan fingerprint density at radius 2 is 1.91 bits per heavy atom. The van der Waals surface area contributed by atoms with E-state index >= 15 is 0 Å². The van der Waals surface area contributed by atoms with Crippen molar-refractivity contribution in [2.45, 2.75) is 13.5 Å². The van der Waals surface area contributed by atoms with Crippen molar-refractivity contribution in [2.75, 3.05) is 13.2 Å². The summed E-state index contributed by atoms with van der Waals surface area (Å²) in [7, 11) is 0. The van der Waals surface area contributed by atoms with E-state index in [4.69, 9.17) is 4.74 Å². The summed E-state index contributed by atoms with van der Waals surface area (Å²) in [6.07, 6.45) is 0. The molecule has 2 aromatic carbocycles. The van der Waals surface area contributed by atoms with E-state index in [0.717, 1.165) is 5.56 Å². The molecule has 23 heavy (non-hydrogen) atoms. The standard InChI is InChI=1S/C17H18N2O4/c1-13-15(8-5-9-16(13)19(21)22)17(20)18-10-11-23-12-14-6-3-2-4-7-14/h2-9H,10-12H2,1H3,(H,18,20). The van der Waals surface area contributed by atoms with Gasteiger partial charge in [-0.2, -0.15) is 0 Å². The zero-order valence-corrected chi connectivity index (χ0v) is 12.8. The second kappa shape index (κ2) is 8.05. The zero-order chi connectivity index (χ0) is 16.7. The van der Waals surface area contributed by atoms with Crippen molar-refractivity contribution >= 4 is 11.6 Å². The number of rotatable bonds is 7. The van der Waals surface area contributed by atoms with Crippen molar-refractivity contribution in [1.82, 2.24) is 5.32 Å². The van der Waals surface area contributed by atoms with Gasteiger partial charge in [-0.15, -0.1) is 0 Å². The van der Waals surface area contributed by atoms with Crippen molar-refractivity contribution in [2.24, 2.45) is 0 Å². The highest BCUT2D eigenvalue weighted by molar-refractivity contribution is 5.96. The zero-order valence-electron chi connectivity index (χ0n) is 12.8. The Morgan fingerprint density at radius 1 is 1.17 bits per heavy atom. The molecular formula is C17H18N2O4. The van der Waals surface area contributed by atoms with Crippen LogP contribution in [0.5, 0.6) is 0 Å². The first-order valence-electron chi connectivity index (χ1n) is 7.23. The molecule has 0 spiro atoms. The van der Waals surface area contributed by atoms with Crippen molar-refractivity contribution in [1.29, 1.82) is 0 Å². The molecule has 2 aromatic rings. The highest BCUT2D eigenvalue weighted by Gasteiger charge is 2.17. The van der Waals surface area contributed by atoms with Gasteiger partial charge in [-0.1, -0.05) is 36.4 Å². The van der Waals surface area contributed by atoms with Gasteiger partial charge in [0.15, 0.2) is 0 Å². The van der Waals surface area contributed by atoms with Crippen LogP contribution >= 0.6 is 0 Å². The van der Waals surface area contributed by atoms with E-state index in [-0.39, 0.29) is 11.6 Å². The van der Waals surface area contributed by atoms with Gasteiger partial charge in [0.1, 0.15) is 0 Å². The van der Waals surface area contributed by atoms with E-state index in [1.165, 1.54) is 12.1 Å². The lowest BCUT2D eigenvalue weighted by Gasteiger charge is -2.08. The molecule has 0 aliphatic rings. The highest BCUT2D eigenvalue weighted by atomic mass is 16.6. The fourth-order valence-electron chi connectivity index (χ4n) is 2.16. The number of ether oxygens (including phenoxy) is 1. The molecule has 6 heteroatoms. The lowest BCUT2D eigenvalue weighted by Crippen LogP contribution is -2.28. The normalized spacial score (nSPS) is 10.3. The number of benzene rings is 2. The largest absolute Gasteiger partial charge is 0.375 e. The Kier molecular flexibility index (Phi) is 5.82. The third-order valence-electron chi connectivity index (χ3n) is 3.39. The average Bonchev–Trinajstić information content (AvgIpc) is 2.55. The first-order chi connectivity index (χ1) is 11.1. The van der Waals surface area contributed by atoms with Gasteiger partial charge >= 0.3 is 0 Å². The lowest BCUT2D eigenvalue weighted by atomic mass is 10.1. The summed E-state index contributed by atoms with van der Waals surface area (Å²) < 4.78 is 5.48. The Hall–Kier alpha value is -2.73. The number of nitrogens with one attached hydrogen (secondary N) is 1. The van der Waals surface area contributed by atoms with Crippen LogP contribution in [0.1, 0.15) is 21.5 Å². The van der Waals surface area contributed by atoms with Gasteiger partial charge in [0.2, 0.25) is 0 Å². The van der Waals surface area contributed by atoms with Crippen LogP contribution in [0.4, 0.5) is 5.69 Å². The molecule has 0 bridgehead atoms. The Bertz CT molecular complexity index is 686. The van der Waals surface area contributed by atoms with Gasteiger partial charge in [-0.3, -0.25) is 14.9 Å². The van der Waals surface area contributed by atoms with Crippen molar-refractivity contribution < 1.29 is 14.5 Å². The van der Waals surface area contributed by atoms with E-state index in [9.17, 15) is 14.9 Å². The molecule has 2 rings (SSSR count). The SMILES string of the molecule is Cc1c(C(=O)NCCOCc2ccccc2)cccc1[N+](=O)[O-]. The molecule has 0 aliphatic heterocycles. The lowest BCUT2D eigenvalue weighted by molar-refractivity contribution is -0.385. The molecule has 0 heterocycles. The van der Waals surface area contributed by atoms with Crippen molar-refractivity contribution in [3.05, 3.63) is 75.3 Å². The molecule has 0 saturated carbocycles. The van der Waals surface area contributed by atoms with E-state index in [0.29, 0.717) is 30.9 Å². The van der Waals surface area contributed by atoms with Gasteiger partial charge in [-0.25, -0.2) is 0 Å². The van der Waals surface area contributed by atoms with Crippen LogP contribution in [0.3, 0.4) is 0 Å². The summed E-state index contributed by atoms with van der Waals surface area (Å²) in [5.41, 5.74) is 1.67. The number of nitrogens with zero attached hydrogens (tertiary/aromatic N) is 1. The quantitative estimate of drug-likeness (QED) is 0.484. The van der Waals surface area contributed by atoms with Crippen LogP contribution < -0.4 is 5.32 Å². The maximum Gasteiger partial charge on any atom is 0.273 e. The fraction of sp³-hybridized carbons (Fsp3) is 0.235. The average molecular weight is 314 g/mol. The molecule has 120 valence electrons. The van der Waals surface area contributed by atoms with Gasteiger partial charge in [0.25, 0.3) is 11.6 Å². The maximum atomic E-state index is 12.1. The molecule has 1 amide bonds. The third-order valence-corrected chi connectivity index (χ3v) is 3.39. The minimum absolute atomic E-state index is 0.0574. The van der Waals surface area contributed by atoms with Crippen LogP contribution in [0.25, 0.3) is 0 Å². The molecule has 0 saturated heterocycles. The van der Waals surface area contributed by atoms with Crippen LogP contribution in [-0.4, -0.2) is 24.0 Å². The first-order valence-corrected chi connectivity index (χ1v) is 7.23. The van der Waals surface area contributed by atoms with E-state index in [2.05, 4.69) is 5.32 Å². The summed E-state index contributed by atoms with van der Waals surface area (Å²) in [6.45, 7) is 2.76. The minimum atomic E-state index is -0.491. The smallest absolute Gasteiger partial charge is 0.273 e. The van der Waals surface area contributed by atoms with Gasteiger partial charge in [-0.05, 0) is 18.6 Å². The number of carbonyl (C=O) groups is 1. The topological polar surface area (TPSA) is 81.5 Å². The Balaban J connectivity index is 1.81. The van der Waals surface area contributed by atoms with Gasteiger partial charge < -0.3 is 10.1 Å². The number of nitro benzene ring substituents is 1. The van der Waals surface area contributed by atoms with E-state index in [1.807, 2.05) is 30.3 Å². The van der Waals surface area contributed by atoms with Gasteiger partial charge in [0, 0.05) is 23.7 Å². The Morgan fingerprint density at radius 3 is 2.61 bits per heavy atom. The molecule has 0 radical (unpaired) electrons. The van der Waals surface area contributed by atoms with Crippen molar-refractivity contribution in [3.63, 3.8) is 0 Å². The number of carbonyl (C=O) groups excluding carboxylic acids is 1. The number of hydrogen-bond donors (Lipinski definition) is 1. The highest BCUT2D eigenvalue weighted by Crippen LogP contribution is 2.20. The van der Waals surface area contributed by atoms with Crippen LogP contribution in [0, 0.1) is 17.0 Å². The predicted octanol–water partition coefficient (Wildman–Crippen LogP) is 2.85. The summed E-state index contributed by atoms with van der Waals surface area (Å²) in [6, 6.07) is 14.2. The monoisotopic (exact) mass is 314 g/mol. The Labute approximate surface area is 134 Å². The van der Waals surface area contributed by atoms with E-state index in [1.54, 1.807) is 13.0 Å². The number of nitro groups is 1. The molecule has 6 nitrogen and oxygen atoms in total. The second-order valence-electron chi connectivity index (χ2n) is 5.00. The van der Waals surface area contributed by atoms with E-state index < -0.39 is 4.92 Å². The first kappa shape index (κ1) is 16.6. The summed E-state index contributed by atoms with van der Waals surface area (Å²) >= 11 is 0. The summed E-state index contributed by atoms with van der Waals surface area (Å²) in [5, 5.41) is 13.6. The van der Waals surface area contributed by atoms with Crippen LogP contribution in [0.15, 0.2) is 48.5 Å². The molecule has 0 atom stereocenters. The molecular weight excluding hydrogens is 296 g/mol. The minimum Gasteiger partial charge on any atom is -0.375 e. The molecule has 0 aromatic heterocycles. The number of amides is 1. The van der Waals surface area contributed by atoms with Gasteiger partial charge in [0.05, 0.1) is 18.1 Å². The molecule has 0 unspecified atom stereocenters. The molecule has 0 fully saturated rings. The second-order valence-corrected chi connectivity index (χ2v) is 5.00. The third kappa shape index (κ3) is 4.62. The van der Waals surface area contributed by atoms with Crippen LogP contribution in [-0.2, 0) is 11.3 Å². The maximum absolute atomic E-state index is 12.1. The summed E-state index contributed by atoms with van der Waals surface area (Å²) in [4.78, 5) is 22.5. The fourth-order valence-corrected chi connectivity index (χ4v) is 2.16. The molecule has 1 N–H and O–H groups in total. The van der Waals surface area contributed by atoms with Crippen molar-refractivity contribution in [3.8, 4) is 0 Å². The number of hydrogen-bond acceptors (Lipinski definition) is 4. The molecule has 0 aliphatic carbocycles. The van der Waals surface area contributed by atoms with Crippen LogP contribution in [0.2, 0.25) is 0 Å².